The molecule has 2 aliphatic carbocycles. The van der Waals surface area contributed by atoms with Gasteiger partial charge in [0.15, 0.2) is 5.96 Å². The molecule has 1 amide bonds. The quantitative estimate of drug-likeness (QED) is 0.613. The third-order valence-electron chi connectivity index (χ3n) is 6.05. The zero-order valence-corrected chi connectivity index (χ0v) is 15.2. The highest BCUT2D eigenvalue weighted by molar-refractivity contribution is 5.81. The third kappa shape index (κ3) is 4.64. The van der Waals surface area contributed by atoms with Gasteiger partial charge in [0.05, 0.1) is 0 Å². The van der Waals surface area contributed by atoms with Gasteiger partial charge in [0, 0.05) is 38.6 Å². The lowest BCUT2D eigenvalue weighted by atomic mass is 9.88. The number of rotatable bonds is 4. The second-order valence-corrected chi connectivity index (χ2v) is 7.85. The molecule has 0 aromatic heterocycles. The Bertz CT molecular complexity index is 439. The zero-order valence-electron chi connectivity index (χ0n) is 15.2. The van der Waals surface area contributed by atoms with Gasteiger partial charge in [0.25, 0.3) is 0 Å². The van der Waals surface area contributed by atoms with Gasteiger partial charge in [-0.25, -0.2) is 0 Å². The summed E-state index contributed by atoms with van der Waals surface area (Å²) in [5.74, 6) is 2.39. The molecule has 1 saturated heterocycles. The number of hydrogen-bond acceptors (Lipinski definition) is 2. The first-order valence-corrected chi connectivity index (χ1v) is 10.0. The van der Waals surface area contributed by atoms with Crippen molar-refractivity contribution in [3.05, 3.63) is 0 Å². The van der Waals surface area contributed by atoms with Crippen LogP contribution in [0.4, 0.5) is 0 Å². The molecule has 0 bridgehead atoms. The molecule has 136 valence electrons. The lowest BCUT2D eigenvalue weighted by Gasteiger charge is -2.26. The summed E-state index contributed by atoms with van der Waals surface area (Å²) < 4.78 is 0. The van der Waals surface area contributed by atoms with E-state index in [1.165, 1.54) is 44.9 Å². The zero-order chi connectivity index (χ0) is 16.8. The number of likely N-dealkylation sites (tertiary alicyclic amines) is 1. The maximum absolute atomic E-state index is 12.7. The van der Waals surface area contributed by atoms with Crippen LogP contribution in [0.15, 0.2) is 4.99 Å². The number of hydrogen-bond donors (Lipinski definition) is 2. The smallest absolute Gasteiger partial charge is 0.225 e. The Hall–Kier alpha value is -1.26. The van der Waals surface area contributed by atoms with Crippen molar-refractivity contribution in [2.75, 3.05) is 26.7 Å². The standard InChI is InChI=1S/C19H34N4O/c1-20-19(21-13-15-7-5-6-8-15)22-17-11-12-23(14-17)18(24)16-9-3-2-4-10-16/h15-17H,2-14H2,1H3,(H2,20,21,22). The maximum atomic E-state index is 12.7. The van der Waals surface area contributed by atoms with Crippen molar-refractivity contribution < 1.29 is 4.79 Å². The van der Waals surface area contributed by atoms with Gasteiger partial charge in [-0.2, -0.15) is 0 Å². The van der Waals surface area contributed by atoms with E-state index in [4.69, 9.17) is 0 Å². The molecule has 0 aromatic carbocycles. The molecule has 1 heterocycles. The van der Waals surface area contributed by atoms with Crippen LogP contribution in [0.25, 0.3) is 0 Å². The van der Waals surface area contributed by atoms with Gasteiger partial charge < -0.3 is 15.5 Å². The average Bonchev–Trinajstić information content (AvgIpc) is 3.30. The molecule has 0 aromatic rings. The topological polar surface area (TPSA) is 56.7 Å². The van der Waals surface area contributed by atoms with Crippen molar-refractivity contribution in [3.63, 3.8) is 0 Å². The van der Waals surface area contributed by atoms with Crippen molar-refractivity contribution in [2.24, 2.45) is 16.8 Å². The van der Waals surface area contributed by atoms with Crippen molar-refractivity contribution >= 4 is 11.9 Å². The van der Waals surface area contributed by atoms with E-state index in [0.29, 0.717) is 11.9 Å². The van der Waals surface area contributed by atoms with E-state index >= 15 is 0 Å². The van der Waals surface area contributed by atoms with E-state index in [1.807, 2.05) is 7.05 Å². The summed E-state index contributed by atoms with van der Waals surface area (Å²) >= 11 is 0. The molecular formula is C19H34N4O. The van der Waals surface area contributed by atoms with Gasteiger partial charge >= 0.3 is 0 Å². The first-order valence-electron chi connectivity index (χ1n) is 10.0. The van der Waals surface area contributed by atoms with Crippen molar-refractivity contribution in [1.29, 1.82) is 0 Å². The molecule has 0 radical (unpaired) electrons. The Morgan fingerprint density at radius 1 is 1.04 bits per heavy atom. The number of guanidine groups is 1. The molecule has 1 aliphatic heterocycles. The Balaban J connectivity index is 1.41. The summed E-state index contributed by atoms with van der Waals surface area (Å²) in [7, 11) is 1.84. The molecule has 3 fully saturated rings. The summed E-state index contributed by atoms with van der Waals surface area (Å²) in [5, 5.41) is 7.00. The molecule has 0 spiro atoms. The summed E-state index contributed by atoms with van der Waals surface area (Å²) in [6.07, 6.45) is 12.4. The first-order chi connectivity index (χ1) is 11.8. The fraction of sp³-hybridized carbons (Fsp3) is 0.895. The lowest BCUT2D eigenvalue weighted by molar-refractivity contribution is -0.135. The molecule has 1 unspecified atom stereocenters. The Morgan fingerprint density at radius 2 is 1.75 bits per heavy atom. The van der Waals surface area contributed by atoms with Crippen LogP contribution in [0.2, 0.25) is 0 Å². The van der Waals surface area contributed by atoms with Crippen LogP contribution >= 0.6 is 0 Å². The van der Waals surface area contributed by atoms with Crippen LogP contribution in [0, 0.1) is 11.8 Å². The molecule has 5 heteroatoms. The molecule has 1 atom stereocenters. The van der Waals surface area contributed by atoms with Crippen LogP contribution in [0.1, 0.15) is 64.2 Å². The maximum Gasteiger partial charge on any atom is 0.225 e. The highest BCUT2D eigenvalue weighted by Gasteiger charge is 2.31. The Kier molecular flexibility index (Phi) is 6.38. The number of nitrogens with zero attached hydrogens (tertiary/aromatic N) is 2. The van der Waals surface area contributed by atoms with E-state index < -0.39 is 0 Å². The molecule has 3 rings (SSSR count). The van der Waals surface area contributed by atoms with Crippen molar-refractivity contribution in [2.45, 2.75) is 70.3 Å². The van der Waals surface area contributed by atoms with Gasteiger partial charge in [-0.15, -0.1) is 0 Å². The Morgan fingerprint density at radius 3 is 2.46 bits per heavy atom. The van der Waals surface area contributed by atoms with Crippen LogP contribution in [-0.2, 0) is 4.79 Å². The lowest BCUT2D eigenvalue weighted by Crippen LogP contribution is -2.46. The van der Waals surface area contributed by atoms with Gasteiger partial charge in [0.1, 0.15) is 0 Å². The predicted molar refractivity (Wildman–Crippen MR) is 98.0 cm³/mol. The predicted octanol–water partition coefficient (Wildman–Crippen LogP) is 2.52. The minimum absolute atomic E-state index is 0.289. The van der Waals surface area contributed by atoms with E-state index in [-0.39, 0.29) is 5.92 Å². The minimum Gasteiger partial charge on any atom is -0.356 e. The molecular weight excluding hydrogens is 300 g/mol. The minimum atomic E-state index is 0.289. The van der Waals surface area contributed by atoms with Crippen LogP contribution in [0.3, 0.4) is 0 Å². The van der Waals surface area contributed by atoms with Crippen molar-refractivity contribution in [1.82, 2.24) is 15.5 Å². The summed E-state index contributed by atoms with van der Waals surface area (Å²) in [6, 6.07) is 0.340. The fourth-order valence-corrected chi connectivity index (χ4v) is 4.53. The SMILES string of the molecule is CN=C(NCC1CCCC1)NC1CCN(C(=O)C2CCCCC2)C1. The van der Waals surface area contributed by atoms with Crippen LogP contribution < -0.4 is 10.6 Å². The summed E-state index contributed by atoms with van der Waals surface area (Å²) in [6.45, 7) is 2.75. The van der Waals surface area contributed by atoms with Crippen LogP contribution in [-0.4, -0.2) is 49.5 Å². The number of amides is 1. The number of nitrogens with one attached hydrogen (secondary N) is 2. The largest absolute Gasteiger partial charge is 0.356 e. The summed E-state index contributed by atoms with van der Waals surface area (Å²) in [4.78, 5) is 19.1. The van der Waals surface area contributed by atoms with Gasteiger partial charge in [-0.05, 0) is 38.0 Å². The fourth-order valence-electron chi connectivity index (χ4n) is 4.53. The summed E-state index contributed by atoms with van der Waals surface area (Å²) in [5.41, 5.74) is 0. The van der Waals surface area contributed by atoms with Gasteiger partial charge in [-0.1, -0.05) is 32.1 Å². The van der Waals surface area contributed by atoms with Gasteiger partial charge in [-0.3, -0.25) is 9.79 Å². The van der Waals surface area contributed by atoms with Crippen LogP contribution in [0.5, 0.6) is 0 Å². The second kappa shape index (κ2) is 8.72. The highest BCUT2D eigenvalue weighted by atomic mass is 16.2. The molecule has 3 aliphatic rings. The number of carbonyl (C=O) groups is 1. The highest BCUT2D eigenvalue weighted by Crippen LogP contribution is 2.27. The van der Waals surface area contributed by atoms with Crippen molar-refractivity contribution in [3.8, 4) is 0 Å². The molecule has 24 heavy (non-hydrogen) atoms. The van der Waals surface area contributed by atoms with Gasteiger partial charge in [0.2, 0.25) is 5.91 Å². The second-order valence-electron chi connectivity index (χ2n) is 7.85. The van der Waals surface area contributed by atoms with E-state index in [2.05, 4.69) is 20.5 Å². The molecule has 5 nitrogen and oxygen atoms in total. The average molecular weight is 335 g/mol. The van der Waals surface area contributed by atoms with E-state index in [0.717, 1.165) is 50.8 Å². The number of carbonyl (C=O) groups excluding carboxylic acids is 1. The number of aliphatic imine (C=N–C) groups is 1. The molecule has 2 saturated carbocycles. The van der Waals surface area contributed by atoms with E-state index in [9.17, 15) is 4.79 Å². The third-order valence-corrected chi connectivity index (χ3v) is 6.05. The monoisotopic (exact) mass is 334 g/mol. The Labute approximate surface area is 146 Å². The first kappa shape index (κ1) is 17.6. The normalized spacial score (nSPS) is 26.8. The van der Waals surface area contributed by atoms with E-state index in [1.54, 1.807) is 0 Å². The molecule has 2 N–H and O–H groups in total.